The van der Waals surface area contributed by atoms with E-state index in [1.807, 2.05) is 24.3 Å². The van der Waals surface area contributed by atoms with Crippen molar-refractivity contribution in [3.05, 3.63) is 59.7 Å². The second-order valence-corrected chi connectivity index (χ2v) is 9.29. The van der Waals surface area contributed by atoms with Crippen LogP contribution >= 0.6 is 7.49 Å². The molecule has 0 aliphatic carbocycles. The van der Waals surface area contributed by atoms with Gasteiger partial charge in [0.15, 0.2) is 0 Å². The van der Waals surface area contributed by atoms with Gasteiger partial charge in [0.2, 0.25) is 0 Å². The summed E-state index contributed by atoms with van der Waals surface area (Å²) in [6.07, 6.45) is 0.864. The Bertz CT molecular complexity index is 544. The van der Waals surface area contributed by atoms with Crippen molar-refractivity contribution in [2.45, 2.75) is 27.7 Å². The number of hydrogen-bond acceptors (Lipinski definition) is 1. The van der Waals surface area contributed by atoms with E-state index in [2.05, 4.69) is 52.0 Å². The molecule has 0 aliphatic rings. The third-order valence-corrected chi connectivity index (χ3v) is 8.20. The van der Waals surface area contributed by atoms with Crippen molar-refractivity contribution in [1.82, 2.24) is 0 Å². The van der Waals surface area contributed by atoms with E-state index in [4.69, 9.17) is 0 Å². The van der Waals surface area contributed by atoms with Crippen LogP contribution in [0.3, 0.4) is 0 Å². The van der Waals surface area contributed by atoms with Gasteiger partial charge < -0.3 is 0 Å². The molecule has 0 saturated carbocycles. The summed E-state index contributed by atoms with van der Waals surface area (Å²) in [5, 5.41) is 2.31. The summed E-state index contributed by atoms with van der Waals surface area (Å²) < 4.78 is 0. The third-order valence-electron chi connectivity index (χ3n) is 3.88. The zero-order valence-corrected chi connectivity index (χ0v) is 13.9. The minimum atomic E-state index is -2.65. The maximum atomic E-state index is 11.6. The van der Waals surface area contributed by atoms with Gasteiger partial charge in [-0.3, -0.25) is 0 Å². The Hall–Kier alpha value is -1.17. The van der Waals surface area contributed by atoms with E-state index in [9.17, 15) is 4.89 Å². The van der Waals surface area contributed by atoms with Crippen molar-refractivity contribution in [2.24, 2.45) is 5.92 Å². The predicted molar refractivity (Wildman–Crippen MR) is 91.9 cm³/mol. The predicted octanol–water partition coefficient (Wildman–Crippen LogP) is 3.57. The summed E-state index contributed by atoms with van der Waals surface area (Å²) in [5.74, 6) is 0.478. The Morgan fingerprint density at radius 3 is 1.60 bits per heavy atom. The van der Waals surface area contributed by atoms with Crippen LogP contribution < -0.4 is 10.6 Å². The monoisotopic (exact) mass is 288 g/mol. The van der Waals surface area contributed by atoms with Crippen LogP contribution in [0.2, 0.25) is 0 Å². The molecule has 0 amide bonds. The number of aryl methyl sites for hydroxylation is 2. The molecule has 1 nitrogen and oxygen atoms in total. The van der Waals surface area contributed by atoms with E-state index in [1.165, 1.54) is 11.1 Å². The molecule has 0 fully saturated rings. The first-order valence-corrected chi connectivity index (χ1v) is 9.45. The van der Waals surface area contributed by atoms with Gasteiger partial charge in [-0.2, -0.15) is 0 Å². The molecule has 0 bridgehead atoms. The van der Waals surface area contributed by atoms with Gasteiger partial charge in [-0.05, 0) is 0 Å². The molecule has 108 valence electrons. The van der Waals surface area contributed by atoms with Gasteiger partial charge in [0.25, 0.3) is 0 Å². The quantitative estimate of drug-likeness (QED) is 0.853. The van der Waals surface area contributed by atoms with Crippen LogP contribution in [0, 0.1) is 19.8 Å². The Kier molecular flexibility index (Phi) is 4.62. The van der Waals surface area contributed by atoms with Crippen LogP contribution in [-0.4, -0.2) is 11.1 Å². The molecule has 20 heavy (non-hydrogen) atoms. The fourth-order valence-corrected chi connectivity index (χ4v) is 7.16. The SMILES string of the molecule is Cc1ccccc1[PH](O)(CC(C)C)c1ccccc1C. The van der Waals surface area contributed by atoms with Crippen molar-refractivity contribution in [3.8, 4) is 0 Å². The molecule has 2 aromatic carbocycles. The van der Waals surface area contributed by atoms with Crippen LogP contribution in [-0.2, 0) is 0 Å². The van der Waals surface area contributed by atoms with E-state index in [0.717, 1.165) is 16.8 Å². The molecular weight excluding hydrogens is 263 g/mol. The molecule has 0 heterocycles. The molecule has 1 N–H and O–H groups in total. The van der Waals surface area contributed by atoms with E-state index in [0.29, 0.717) is 5.92 Å². The summed E-state index contributed by atoms with van der Waals surface area (Å²) >= 11 is 0. The first kappa shape index (κ1) is 15.2. The summed E-state index contributed by atoms with van der Waals surface area (Å²) in [7, 11) is -2.65. The Labute approximate surface area is 123 Å². The van der Waals surface area contributed by atoms with Crippen LogP contribution in [0.25, 0.3) is 0 Å². The van der Waals surface area contributed by atoms with Gasteiger partial charge in [0.05, 0.1) is 0 Å². The molecule has 0 atom stereocenters. The average molecular weight is 288 g/mol. The van der Waals surface area contributed by atoms with Crippen LogP contribution in [0.1, 0.15) is 25.0 Å². The second-order valence-electron chi connectivity index (χ2n) is 6.09. The molecule has 0 saturated heterocycles. The molecule has 2 rings (SSSR count). The third kappa shape index (κ3) is 2.95. The van der Waals surface area contributed by atoms with Crippen LogP contribution in [0.4, 0.5) is 0 Å². The van der Waals surface area contributed by atoms with Crippen molar-refractivity contribution in [1.29, 1.82) is 0 Å². The minimum absolute atomic E-state index is 0.478. The van der Waals surface area contributed by atoms with E-state index in [1.54, 1.807) is 0 Å². The fraction of sp³-hybridized carbons (Fsp3) is 0.333. The number of hydrogen-bond donors (Lipinski definition) is 1. The van der Waals surface area contributed by atoms with E-state index < -0.39 is 7.49 Å². The molecule has 0 spiro atoms. The molecule has 0 radical (unpaired) electrons. The van der Waals surface area contributed by atoms with Crippen LogP contribution in [0.15, 0.2) is 48.5 Å². The van der Waals surface area contributed by atoms with E-state index in [-0.39, 0.29) is 0 Å². The number of rotatable bonds is 4. The molecule has 0 aromatic heterocycles. The molecule has 2 heteroatoms. The van der Waals surface area contributed by atoms with Crippen molar-refractivity contribution in [3.63, 3.8) is 0 Å². The zero-order valence-electron chi connectivity index (χ0n) is 12.9. The molecule has 2 aromatic rings. The molecular formula is C18H25OP. The molecule has 0 aliphatic heterocycles. The first-order valence-electron chi connectivity index (χ1n) is 7.29. The summed E-state index contributed by atoms with van der Waals surface area (Å²) in [6.45, 7) is 8.58. The Morgan fingerprint density at radius 1 is 0.850 bits per heavy atom. The van der Waals surface area contributed by atoms with Crippen molar-refractivity contribution >= 4 is 18.1 Å². The normalized spacial score (nSPS) is 12.7. The topological polar surface area (TPSA) is 20.2 Å². The average Bonchev–Trinajstić information content (AvgIpc) is 2.38. The summed E-state index contributed by atoms with van der Waals surface area (Å²) in [4.78, 5) is 11.6. The van der Waals surface area contributed by atoms with Gasteiger partial charge in [-0.15, -0.1) is 0 Å². The maximum absolute atomic E-state index is 11.6. The van der Waals surface area contributed by atoms with Gasteiger partial charge in [0.1, 0.15) is 0 Å². The van der Waals surface area contributed by atoms with Crippen LogP contribution in [0.5, 0.6) is 0 Å². The molecule has 0 unspecified atom stereocenters. The van der Waals surface area contributed by atoms with Gasteiger partial charge in [-0.25, -0.2) is 0 Å². The summed E-state index contributed by atoms with van der Waals surface area (Å²) in [6, 6.07) is 16.6. The van der Waals surface area contributed by atoms with Gasteiger partial charge in [-0.1, -0.05) is 0 Å². The fourth-order valence-electron chi connectivity index (χ4n) is 3.03. The zero-order chi connectivity index (χ0) is 14.8. The van der Waals surface area contributed by atoms with E-state index >= 15 is 0 Å². The van der Waals surface area contributed by atoms with Crippen molar-refractivity contribution in [2.75, 3.05) is 6.16 Å². The number of benzene rings is 2. The van der Waals surface area contributed by atoms with Crippen molar-refractivity contribution < 1.29 is 4.89 Å². The summed E-state index contributed by atoms with van der Waals surface area (Å²) in [5.41, 5.74) is 2.40. The standard InChI is InChI=1S/C18H25OP/c1-14(2)13-20(19,17-11-7-5-9-15(17)3)18-12-8-6-10-16(18)4/h5-12,14,19-20H,13H2,1-4H3. The Balaban J connectivity index is 2.63. The first-order chi connectivity index (χ1) is 9.45. The van der Waals surface area contributed by atoms with Gasteiger partial charge in [0, 0.05) is 0 Å². The van der Waals surface area contributed by atoms with Gasteiger partial charge >= 0.3 is 122 Å². The Morgan fingerprint density at radius 2 is 1.25 bits per heavy atom. The second kappa shape index (κ2) is 6.08.